The zero-order chi connectivity index (χ0) is 9.84. The molecule has 0 aliphatic heterocycles. The molecule has 0 saturated carbocycles. The van der Waals surface area contributed by atoms with Crippen LogP contribution in [0.2, 0.25) is 0 Å². The zero-order valence-corrected chi connectivity index (χ0v) is 6.94. The molecule has 0 amide bonds. The third-order valence-corrected chi connectivity index (χ3v) is 1.29. The quantitative estimate of drug-likeness (QED) is 0.471. The Labute approximate surface area is 74.3 Å². The van der Waals surface area contributed by atoms with Gasteiger partial charge in [-0.3, -0.25) is 9.78 Å². The van der Waals surface area contributed by atoms with Crippen LogP contribution in [0.15, 0.2) is 12.3 Å². The van der Waals surface area contributed by atoms with Gasteiger partial charge in [0.2, 0.25) is 0 Å². The molecule has 5 nitrogen and oxygen atoms in total. The summed E-state index contributed by atoms with van der Waals surface area (Å²) in [4.78, 5) is 12.6. The van der Waals surface area contributed by atoms with Gasteiger partial charge in [0.05, 0.1) is 6.26 Å². The fourth-order valence-electron chi connectivity index (χ4n) is 0.775. The third-order valence-electron chi connectivity index (χ3n) is 1.29. The Morgan fingerprint density at radius 3 is 2.77 bits per heavy atom. The topological polar surface area (TPSA) is 82.5 Å². The van der Waals surface area contributed by atoms with Gasteiger partial charge >= 0.3 is 5.97 Å². The molecular formula is C8H9NO4. The number of aromatic hydroxyl groups is 2. The number of rotatable bonds is 2. The van der Waals surface area contributed by atoms with Crippen molar-refractivity contribution in [3.05, 3.63) is 17.9 Å². The summed E-state index contributed by atoms with van der Waals surface area (Å²) >= 11 is 0. The zero-order valence-electron chi connectivity index (χ0n) is 6.94. The molecule has 0 aliphatic carbocycles. The molecular weight excluding hydrogens is 174 g/mol. The van der Waals surface area contributed by atoms with Crippen molar-refractivity contribution in [3.63, 3.8) is 0 Å². The third kappa shape index (κ3) is 2.55. The lowest BCUT2D eigenvalue weighted by Gasteiger charge is -1.90. The minimum Gasteiger partial charge on any atom is -0.494 e. The molecule has 0 fully saturated rings. The highest BCUT2D eigenvalue weighted by Crippen LogP contribution is 2.22. The monoisotopic (exact) mass is 183 g/mol. The number of hydrogen-bond donors (Lipinski definition) is 3. The summed E-state index contributed by atoms with van der Waals surface area (Å²) in [5, 5.41) is 18.0. The lowest BCUT2D eigenvalue weighted by molar-refractivity contribution is -0.135. The van der Waals surface area contributed by atoms with Crippen molar-refractivity contribution >= 4 is 12.0 Å². The van der Waals surface area contributed by atoms with Gasteiger partial charge in [0.15, 0.2) is 11.8 Å². The van der Waals surface area contributed by atoms with Crippen molar-refractivity contribution in [1.29, 1.82) is 0 Å². The van der Waals surface area contributed by atoms with Crippen LogP contribution in [0.1, 0.15) is 12.5 Å². The van der Waals surface area contributed by atoms with Crippen LogP contribution < -0.4 is 0 Å². The molecule has 0 bridgehead atoms. The van der Waals surface area contributed by atoms with E-state index in [2.05, 4.69) is 9.72 Å². The first-order valence-electron chi connectivity index (χ1n) is 3.54. The van der Waals surface area contributed by atoms with Crippen LogP contribution >= 0.6 is 0 Å². The lowest BCUT2D eigenvalue weighted by atomic mass is 10.3. The summed E-state index contributed by atoms with van der Waals surface area (Å²) in [7, 11) is 0. The maximum Gasteiger partial charge on any atom is 0.307 e. The Kier molecular flexibility index (Phi) is 2.59. The number of ether oxygens (including phenoxy) is 1. The molecule has 1 heterocycles. The van der Waals surface area contributed by atoms with E-state index in [1.807, 2.05) is 0 Å². The van der Waals surface area contributed by atoms with Crippen LogP contribution in [0.3, 0.4) is 0 Å². The molecule has 0 radical (unpaired) electrons. The Bertz CT molecular complexity index is 340. The van der Waals surface area contributed by atoms with Crippen molar-refractivity contribution < 1.29 is 19.7 Å². The van der Waals surface area contributed by atoms with Crippen molar-refractivity contribution in [2.45, 2.75) is 6.92 Å². The second-order valence-electron chi connectivity index (χ2n) is 2.37. The molecule has 0 saturated heterocycles. The maximum absolute atomic E-state index is 10.3. The van der Waals surface area contributed by atoms with Crippen molar-refractivity contribution in [2.24, 2.45) is 0 Å². The van der Waals surface area contributed by atoms with Gasteiger partial charge in [-0.2, -0.15) is 0 Å². The van der Waals surface area contributed by atoms with Gasteiger partial charge in [-0.15, -0.1) is 0 Å². The van der Waals surface area contributed by atoms with Crippen LogP contribution in [0.25, 0.3) is 6.08 Å². The van der Waals surface area contributed by atoms with Crippen LogP contribution in [-0.2, 0) is 9.53 Å². The van der Waals surface area contributed by atoms with Gasteiger partial charge in [-0.05, 0) is 6.08 Å². The van der Waals surface area contributed by atoms with E-state index in [0.717, 1.165) is 6.26 Å². The summed E-state index contributed by atoms with van der Waals surface area (Å²) in [6.07, 6.45) is 2.48. The standard InChI is InChI=1S/C8H9NO4/c1-5(10)13-3-2-6-4-7(11)9-8(6)12/h2-4,9,11-12H,1H3. The second kappa shape index (κ2) is 3.66. The Morgan fingerprint density at radius 2 is 2.31 bits per heavy atom. The van der Waals surface area contributed by atoms with Crippen LogP contribution in [0, 0.1) is 0 Å². The first-order valence-corrected chi connectivity index (χ1v) is 3.54. The van der Waals surface area contributed by atoms with Gasteiger partial charge in [0.25, 0.3) is 0 Å². The van der Waals surface area contributed by atoms with Crippen LogP contribution in [0.5, 0.6) is 11.8 Å². The van der Waals surface area contributed by atoms with Crippen molar-refractivity contribution in [1.82, 2.24) is 4.98 Å². The predicted molar refractivity (Wildman–Crippen MR) is 44.9 cm³/mol. The highest BCUT2D eigenvalue weighted by Gasteiger charge is 2.01. The molecule has 1 aromatic heterocycles. The largest absolute Gasteiger partial charge is 0.494 e. The fraction of sp³-hybridized carbons (Fsp3) is 0.125. The maximum atomic E-state index is 10.3. The molecule has 13 heavy (non-hydrogen) atoms. The molecule has 5 heteroatoms. The van der Waals surface area contributed by atoms with Gasteiger partial charge in [-0.25, -0.2) is 0 Å². The average molecular weight is 183 g/mol. The van der Waals surface area contributed by atoms with E-state index in [1.54, 1.807) is 0 Å². The van der Waals surface area contributed by atoms with Crippen LogP contribution in [0.4, 0.5) is 0 Å². The Morgan fingerprint density at radius 1 is 1.62 bits per heavy atom. The molecule has 3 N–H and O–H groups in total. The van der Waals surface area contributed by atoms with E-state index in [9.17, 15) is 4.79 Å². The number of esters is 1. The first kappa shape index (κ1) is 9.18. The van der Waals surface area contributed by atoms with Crippen LogP contribution in [-0.4, -0.2) is 21.2 Å². The Balaban J connectivity index is 2.68. The minimum atomic E-state index is -0.449. The summed E-state index contributed by atoms with van der Waals surface area (Å²) in [6, 6.07) is 1.30. The van der Waals surface area contributed by atoms with Gasteiger partial charge in [-0.1, -0.05) is 0 Å². The average Bonchev–Trinajstić information content (AvgIpc) is 2.29. The second-order valence-corrected chi connectivity index (χ2v) is 2.37. The summed E-state index contributed by atoms with van der Waals surface area (Å²) in [6.45, 7) is 1.26. The number of aromatic amines is 1. The molecule has 0 unspecified atom stereocenters. The smallest absolute Gasteiger partial charge is 0.307 e. The SMILES string of the molecule is CC(=O)OC=Cc1cc(O)[nH]c1O. The molecule has 1 rings (SSSR count). The number of nitrogens with one attached hydrogen (secondary N) is 1. The van der Waals surface area contributed by atoms with Gasteiger partial charge < -0.3 is 14.9 Å². The molecule has 0 aliphatic rings. The van der Waals surface area contributed by atoms with Crippen molar-refractivity contribution in [3.8, 4) is 11.8 Å². The van der Waals surface area contributed by atoms with E-state index in [-0.39, 0.29) is 11.8 Å². The highest BCUT2D eigenvalue weighted by atomic mass is 16.5. The molecule has 0 aromatic carbocycles. The molecule has 0 spiro atoms. The molecule has 70 valence electrons. The van der Waals surface area contributed by atoms with Crippen molar-refractivity contribution in [2.75, 3.05) is 0 Å². The van der Waals surface area contributed by atoms with E-state index in [4.69, 9.17) is 10.2 Å². The van der Waals surface area contributed by atoms with E-state index in [0.29, 0.717) is 5.56 Å². The number of carbonyl (C=O) groups excluding carboxylic acids is 1. The lowest BCUT2D eigenvalue weighted by Crippen LogP contribution is -1.88. The predicted octanol–water partition coefficient (Wildman–Crippen LogP) is 0.960. The number of hydrogen-bond acceptors (Lipinski definition) is 4. The minimum absolute atomic E-state index is 0.153. The highest BCUT2D eigenvalue weighted by molar-refractivity contribution is 5.68. The summed E-state index contributed by atoms with van der Waals surface area (Å²) < 4.78 is 4.48. The van der Waals surface area contributed by atoms with E-state index < -0.39 is 5.97 Å². The first-order chi connectivity index (χ1) is 6.09. The Hall–Kier alpha value is -1.91. The number of H-pyrrole nitrogens is 1. The fourth-order valence-corrected chi connectivity index (χ4v) is 0.775. The normalized spacial score (nSPS) is 10.5. The summed E-state index contributed by atoms with van der Waals surface area (Å²) in [5.41, 5.74) is 0.346. The number of aromatic nitrogens is 1. The molecule has 0 atom stereocenters. The van der Waals surface area contributed by atoms with E-state index >= 15 is 0 Å². The van der Waals surface area contributed by atoms with Gasteiger partial charge in [0, 0.05) is 18.6 Å². The van der Waals surface area contributed by atoms with Gasteiger partial charge in [0.1, 0.15) is 0 Å². The number of carbonyl (C=O) groups is 1. The molecule has 1 aromatic rings. The van der Waals surface area contributed by atoms with E-state index in [1.165, 1.54) is 19.1 Å². The summed E-state index contributed by atoms with van der Waals surface area (Å²) in [5.74, 6) is -0.781.